The first-order chi connectivity index (χ1) is 9.40. The number of anilines is 1. The molecule has 0 atom stereocenters. The molecule has 0 saturated heterocycles. The van der Waals surface area contributed by atoms with Crippen LogP contribution in [0.4, 0.5) is 5.69 Å². The Labute approximate surface area is 123 Å². The molecular formula is C15H20N2O2S. The number of rotatable bonds is 4. The van der Waals surface area contributed by atoms with Crippen molar-refractivity contribution in [3.8, 4) is 5.75 Å². The lowest BCUT2D eigenvalue weighted by molar-refractivity contribution is 0.390. The first-order valence-electron chi connectivity index (χ1n) is 6.41. The zero-order chi connectivity index (χ0) is 14.8. The summed E-state index contributed by atoms with van der Waals surface area (Å²) in [6, 6.07) is 5.63. The molecule has 4 nitrogen and oxygen atoms in total. The zero-order valence-corrected chi connectivity index (χ0v) is 13.1. The Morgan fingerprint density at radius 1 is 1.35 bits per heavy atom. The highest BCUT2D eigenvalue weighted by atomic mass is 32.2. The number of benzene rings is 1. The van der Waals surface area contributed by atoms with Crippen molar-refractivity contribution in [2.24, 2.45) is 0 Å². The molecule has 2 rings (SSSR count). The van der Waals surface area contributed by atoms with E-state index < -0.39 is 0 Å². The van der Waals surface area contributed by atoms with Gasteiger partial charge in [-0.1, -0.05) is 20.8 Å². The molecule has 0 aliphatic carbocycles. The van der Waals surface area contributed by atoms with Gasteiger partial charge in [0.25, 0.3) is 0 Å². The van der Waals surface area contributed by atoms with Gasteiger partial charge in [0.15, 0.2) is 0 Å². The Bertz CT molecular complexity index is 588. The molecule has 2 N–H and O–H groups in total. The fraction of sp³-hybridized carbons (Fsp3) is 0.400. The highest BCUT2D eigenvalue weighted by Crippen LogP contribution is 2.33. The van der Waals surface area contributed by atoms with Gasteiger partial charge >= 0.3 is 0 Å². The monoisotopic (exact) mass is 292 g/mol. The highest BCUT2D eigenvalue weighted by Gasteiger charge is 2.19. The van der Waals surface area contributed by atoms with Gasteiger partial charge < -0.3 is 14.9 Å². The predicted molar refractivity (Wildman–Crippen MR) is 82.2 cm³/mol. The molecule has 0 fully saturated rings. The van der Waals surface area contributed by atoms with Gasteiger partial charge in [0.1, 0.15) is 11.5 Å². The van der Waals surface area contributed by atoms with Crippen LogP contribution in [0, 0.1) is 0 Å². The SMILES string of the molecule is COc1cc(N)ccc1SCc1ncc(C(C)(C)C)o1. The number of aromatic nitrogens is 1. The number of hydrogen-bond donors (Lipinski definition) is 1. The quantitative estimate of drug-likeness (QED) is 0.685. The molecule has 0 aliphatic heterocycles. The number of nitrogens with two attached hydrogens (primary N) is 1. The summed E-state index contributed by atoms with van der Waals surface area (Å²) in [5.74, 6) is 3.06. The van der Waals surface area contributed by atoms with E-state index in [2.05, 4.69) is 25.8 Å². The minimum absolute atomic E-state index is 0.0190. The van der Waals surface area contributed by atoms with Gasteiger partial charge in [-0.05, 0) is 12.1 Å². The van der Waals surface area contributed by atoms with Crippen molar-refractivity contribution >= 4 is 17.4 Å². The molecule has 0 aliphatic rings. The second-order valence-corrected chi connectivity index (χ2v) is 6.58. The summed E-state index contributed by atoms with van der Waals surface area (Å²) < 4.78 is 11.1. The molecule has 0 radical (unpaired) electrons. The second-order valence-electron chi connectivity index (χ2n) is 5.57. The number of hydrogen-bond acceptors (Lipinski definition) is 5. The Morgan fingerprint density at radius 2 is 2.10 bits per heavy atom. The summed E-state index contributed by atoms with van der Waals surface area (Å²) in [7, 11) is 1.64. The molecule has 0 amide bonds. The van der Waals surface area contributed by atoms with Crippen LogP contribution >= 0.6 is 11.8 Å². The van der Waals surface area contributed by atoms with Gasteiger partial charge in [0.2, 0.25) is 5.89 Å². The van der Waals surface area contributed by atoms with Gasteiger partial charge in [-0.2, -0.15) is 0 Å². The Balaban J connectivity index is 2.07. The van der Waals surface area contributed by atoms with E-state index >= 15 is 0 Å². The average molecular weight is 292 g/mol. The molecule has 0 saturated carbocycles. The van der Waals surface area contributed by atoms with Crippen LogP contribution in [0.15, 0.2) is 33.7 Å². The summed E-state index contributed by atoms with van der Waals surface area (Å²) in [4.78, 5) is 5.34. The van der Waals surface area contributed by atoms with Crippen molar-refractivity contribution in [1.29, 1.82) is 0 Å². The smallest absolute Gasteiger partial charge is 0.204 e. The summed E-state index contributed by atoms with van der Waals surface area (Å²) in [5.41, 5.74) is 6.41. The van der Waals surface area contributed by atoms with E-state index in [4.69, 9.17) is 14.9 Å². The van der Waals surface area contributed by atoms with Crippen LogP contribution in [0.2, 0.25) is 0 Å². The topological polar surface area (TPSA) is 61.3 Å². The Hall–Kier alpha value is -1.62. The molecule has 0 spiro atoms. The maximum atomic E-state index is 5.77. The first-order valence-corrected chi connectivity index (χ1v) is 7.40. The normalized spacial score (nSPS) is 11.6. The third-order valence-corrected chi connectivity index (χ3v) is 3.87. The van der Waals surface area contributed by atoms with Crippen molar-refractivity contribution in [3.63, 3.8) is 0 Å². The van der Waals surface area contributed by atoms with E-state index in [0.29, 0.717) is 11.4 Å². The van der Waals surface area contributed by atoms with Crippen molar-refractivity contribution in [2.45, 2.75) is 36.8 Å². The second kappa shape index (κ2) is 5.79. The van der Waals surface area contributed by atoms with E-state index in [1.54, 1.807) is 25.1 Å². The molecule has 5 heteroatoms. The average Bonchev–Trinajstić information content (AvgIpc) is 2.86. The standard InChI is InChI=1S/C15H20N2O2S/c1-15(2,3)13-8-17-14(19-13)9-20-12-6-5-10(16)7-11(12)18-4/h5-8H,9,16H2,1-4H3. The third kappa shape index (κ3) is 3.48. The summed E-state index contributed by atoms with van der Waals surface area (Å²) >= 11 is 1.62. The number of ether oxygens (including phenoxy) is 1. The van der Waals surface area contributed by atoms with E-state index in [0.717, 1.165) is 22.3 Å². The van der Waals surface area contributed by atoms with E-state index in [9.17, 15) is 0 Å². The number of oxazole rings is 1. The fourth-order valence-electron chi connectivity index (χ4n) is 1.67. The van der Waals surface area contributed by atoms with Gasteiger partial charge in [0, 0.05) is 22.1 Å². The van der Waals surface area contributed by atoms with Gasteiger partial charge in [-0.15, -0.1) is 11.8 Å². The first kappa shape index (κ1) is 14.8. The number of thioether (sulfide) groups is 1. The minimum atomic E-state index is -0.0190. The van der Waals surface area contributed by atoms with Gasteiger partial charge in [0.05, 0.1) is 19.1 Å². The predicted octanol–water partition coefficient (Wildman–Crippen LogP) is 3.86. The van der Waals surface area contributed by atoms with E-state index in [1.165, 1.54) is 0 Å². The van der Waals surface area contributed by atoms with Crippen LogP contribution in [-0.2, 0) is 11.2 Å². The summed E-state index contributed by atoms with van der Waals surface area (Å²) in [5, 5.41) is 0. The molecule has 1 aromatic carbocycles. The number of nitrogens with zero attached hydrogens (tertiary/aromatic N) is 1. The lowest BCUT2D eigenvalue weighted by Gasteiger charge is -2.13. The lowest BCUT2D eigenvalue weighted by Crippen LogP contribution is -2.09. The Kier molecular flexibility index (Phi) is 4.28. The van der Waals surface area contributed by atoms with Crippen LogP contribution in [0.5, 0.6) is 5.75 Å². The molecular weight excluding hydrogens is 272 g/mol. The molecule has 0 bridgehead atoms. The van der Waals surface area contributed by atoms with Crippen molar-refractivity contribution in [1.82, 2.24) is 4.98 Å². The molecule has 20 heavy (non-hydrogen) atoms. The molecule has 1 heterocycles. The maximum Gasteiger partial charge on any atom is 0.204 e. The summed E-state index contributed by atoms with van der Waals surface area (Å²) in [6.45, 7) is 6.31. The highest BCUT2D eigenvalue weighted by molar-refractivity contribution is 7.98. The van der Waals surface area contributed by atoms with Crippen LogP contribution in [0.3, 0.4) is 0 Å². The minimum Gasteiger partial charge on any atom is -0.496 e. The molecule has 2 aromatic rings. The number of methoxy groups -OCH3 is 1. The van der Waals surface area contributed by atoms with Crippen molar-refractivity contribution in [2.75, 3.05) is 12.8 Å². The lowest BCUT2D eigenvalue weighted by atomic mass is 9.94. The van der Waals surface area contributed by atoms with E-state index in [1.807, 2.05) is 18.2 Å². The molecule has 108 valence electrons. The third-order valence-electron chi connectivity index (χ3n) is 2.83. The van der Waals surface area contributed by atoms with Gasteiger partial charge in [-0.3, -0.25) is 0 Å². The fourth-order valence-corrected chi connectivity index (χ4v) is 2.53. The van der Waals surface area contributed by atoms with E-state index in [-0.39, 0.29) is 5.41 Å². The van der Waals surface area contributed by atoms with Crippen LogP contribution < -0.4 is 10.5 Å². The largest absolute Gasteiger partial charge is 0.496 e. The number of nitrogen functional groups attached to an aromatic ring is 1. The van der Waals surface area contributed by atoms with Gasteiger partial charge in [-0.25, -0.2) is 4.98 Å². The van der Waals surface area contributed by atoms with Crippen LogP contribution in [0.1, 0.15) is 32.4 Å². The molecule has 0 unspecified atom stereocenters. The Morgan fingerprint density at radius 3 is 2.70 bits per heavy atom. The van der Waals surface area contributed by atoms with Crippen molar-refractivity contribution < 1.29 is 9.15 Å². The van der Waals surface area contributed by atoms with Crippen LogP contribution in [-0.4, -0.2) is 12.1 Å². The summed E-state index contributed by atoms with van der Waals surface area (Å²) in [6.07, 6.45) is 1.80. The molecule has 1 aromatic heterocycles. The zero-order valence-electron chi connectivity index (χ0n) is 12.3. The maximum absolute atomic E-state index is 5.77. The van der Waals surface area contributed by atoms with Crippen LogP contribution in [0.25, 0.3) is 0 Å². The van der Waals surface area contributed by atoms with Crippen molar-refractivity contribution in [3.05, 3.63) is 36.0 Å².